The van der Waals surface area contributed by atoms with Crippen LogP contribution in [-0.2, 0) is 0 Å². The predicted molar refractivity (Wildman–Crippen MR) is 236 cm³/mol. The van der Waals surface area contributed by atoms with Gasteiger partial charge < -0.3 is 4.42 Å². The standard InChI is InChI=1S/C52H32N6O/c1-5-15-33(16-6-1)34-25-27-39(28-26-34)50-53-47(36-18-7-2-8-19-36)55-51(56-50)40-31-43-42-30-29-35-17-13-14-24-41(35)45(42)59-46(43)44(32-40)52-57-48(37-20-9-3-10-21-37)54-49(58-52)38-22-11-4-12-23-38/h1-32H. The van der Waals surface area contributed by atoms with E-state index in [0.717, 1.165) is 66.1 Å². The first-order chi connectivity index (χ1) is 29.2. The summed E-state index contributed by atoms with van der Waals surface area (Å²) in [5.74, 6) is 3.24. The molecule has 0 saturated carbocycles. The maximum Gasteiger partial charge on any atom is 0.167 e. The summed E-state index contributed by atoms with van der Waals surface area (Å²) < 4.78 is 6.91. The number of benzene rings is 8. The Kier molecular flexibility index (Phi) is 8.33. The number of furan rings is 1. The molecule has 11 aromatic rings. The molecule has 11 rings (SSSR count). The van der Waals surface area contributed by atoms with E-state index in [9.17, 15) is 0 Å². The molecule has 7 heteroatoms. The van der Waals surface area contributed by atoms with Crippen LogP contribution in [0.25, 0.3) is 112 Å². The van der Waals surface area contributed by atoms with Gasteiger partial charge in [-0.2, -0.15) is 0 Å². The van der Waals surface area contributed by atoms with Gasteiger partial charge in [0.2, 0.25) is 0 Å². The zero-order valence-electron chi connectivity index (χ0n) is 31.6. The third-order valence-electron chi connectivity index (χ3n) is 10.6. The average Bonchev–Trinajstić information content (AvgIpc) is 3.71. The van der Waals surface area contributed by atoms with Gasteiger partial charge in [0.25, 0.3) is 0 Å². The molecular formula is C52H32N6O. The number of aromatic nitrogens is 6. The first-order valence-electron chi connectivity index (χ1n) is 19.4. The smallest absolute Gasteiger partial charge is 0.167 e. The van der Waals surface area contributed by atoms with E-state index in [2.05, 4.69) is 66.7 Å². The van der Waals surface area contributed by atoms with Crippen molar-refractivity contribution in [1.82, 2.24) is 29.9 Å². The number of hydrogen-bond acceptors (Lipinski definition) is 7. The summed E-state index contributed by atoms with van der Waals surface area (Å²) in [6.07, 6.45) is 0. The van der Waals surface area contributed by atoms with Crippen molar-refractivity contribution in [2.45, 2.75) is 0 Å². The molecule has 0 amide bonds. The van der Waals surface area contributed by atoms with E-state index in [0.29, 0.717) is 46.1 Å². The van der Waals surface area contributed by atoms with Gasteiger partial charge in [0, 0.05) is 44.0 Å². The van der Waals surface area contributed by atoms with Gasteiger partial charge >= 0.3 is 0 Å². The first-order valence-corrected chi connectivity index (χ1v) is 19.4. The SMILES string of the molecule is c1ccc(-c2ccc(-c3nc(-c4ccccc4)nc(-c4cc(-c5nc(-c6ccccc6)nc(-c6ccccc6)n5)c5oc6c7ccccc7ccc6c5c4)n3)cc2)cc1. The minimum atomic E-state index is 0.474. The molecule has 0 atom stereocenters. The molecular weight excluding hydrogens is 725 g/mol. The molecule has 3 heterocycles. The molecule has 0 bridgehead atoms. The number of rotatable bonds is 7. The Bertz CT molecular complexity index is 3240. The van der Waals surface area contributed by atoms with Gasteiger partial charge in [-0.1, -0.05) is 176 Å². The van der Waals surface area contributed by atoms with Gasteiger partial charge in [0.1, 0.15) is 11.2 Å². The van der Waals surface area contributed by atoms with Crippen molar-refractivity contribution in [3.8, 4) is 79.5 Å². The van der Waals surface area contributed by atoms with Gasteiger partial charge in [-0.05, 0) is 34.7 Å². The number of nitrogens with zero attached hydrogens (tertiary/aromatic N) is 6. The Morgan fingerprint density at radius 2 is 0.661 bits per heavy atom. The normalized spacial score (nSPS) is 11.4. The molecule has 0 aliphatic heterocycles. The van der Waals surface area contributed by atoms with E-state index in [-0.39, 0.29) is 0 Å². The van der Waals surface area contributed by atoms with Crippen LogP contribution in [0.1, 0.15) is 0 Å². The van der Waals surface area contributed by atoms with Crippen LogP contribution in [0.2, 0.25) is 0 Å². The van der Waals surface area contributed by atoms with Gasteiger partial charge in [-0.25, -0.2) is 29.9 Å². The summed E-state index contributed by atoms with van der Waals surface area (Å²) in [6, 6.07) is 65.4. The van der Waals surface area contributed by atoms with E-state index in [4.69, 9.17) is 34.3 Å². The van der Waals surface area contributed by atoms with Gasteiger partial charge in [0.15, 0.2) is 34.9 Å². The zero-order chi connectivity index (χ0) is 39.1. The fraction of sp³-hybridized carbons (Fsp3) is 0. The lowest BCUT2D eigenvalue weighted by molar-refractivity contribution is 0.673. The van der Waals surface area contributed by atoms with Crippen molar-refractivity contribution < 1.29 is 4.42 Å². The molecule has 0 fully saturated rings. The Labute approximate surface area is 339 Å². The second-order valence-corrected chi connectivity index (χ2v) is 14.3. The highest BCUT2D eigenvalue weighted by Gasteiger charge is 2.22. The average molecular weight is 757 g/mol. The summed E-state index contributed by atoms with van der Waals surface area (Å²) >= 11 is 0. The van der Waals surface area contributed by atoms with Gasteiger partial charge in [-0.15, -0.1) is 0 Å². The minimum absolute atomic E-state index is 0.474. The summed E-state index contributed by atoms with van der Waals surface area (Å²) in [5.41, 5.74) is 8.71. The summed E-state index contributed by atoms with van der Waals surface area (Å²) in [6.45, 7) is 0. The highest BCUT2D eigenvalue weighted by atomic mass is 16.3. The largest absolute Gasteiger partial charge is 0.455 e. The number of hydrogen-bond donors (Lipinski definition) is 0. The molecule has 0 spiro atoms. The molecule has 8 aromatic carbocycles. The lowest BCUT2D eigenvalue weighted by Gasteiger charge is -2.12. The highest BCUT2D eigenvalue weighted by molar-refractivity contribution is 6.17. The van der Waals surface area contributed by atoms with E-state index in [1.165, 1.54) is 0 Å². The zero-order valence-corrected chi connectivity index (χ0v) is 31.6. The molecule has 59 heavy (non-hydrogen) atoms. The molecule has 7 nitrogen and oxygen atoms in total. The number of fused-ring (bicyclic) bond motifs is 5. The highest BCUT2D eigenvalue weighted by Crippen LogP contribution is 2.41. The van der Waals surface area contributed by atoms with Crippen LogP contribution in [0.15, 0.2) is 199 Å². The molecule has 0 N–H and O–H groups in total. The Morgan fingerprint density at radius 1 is 0.254 bits per heavy atom. The van der Waals surface area contributed by atoms with Crippen molar-refractivity contribution in [2.75, 3.05) is 0 Å². The molecule has 0 unspecified atom stereocenters. The quantitative estimate of drug-likeness (QED) is 0.160. The molecule has 0 aliphatic rings. The van der Waals surface area contributed by atoms with Gasteiger partial charge in [-0.3, -0.25) is 0 Å². The lowest BCUT2D eigenvalue weighted by atomic mass is 10.0. The monoisotopic (exact) mass is 756 g/mol. The topological polar surface area (TPSA) is 90.5 Å². The first kappa shape index (κ1) is 34.1. The van der Waals surface area contributed by atoms with E-state index in [1.54, 1.807) is 0 Å². The van der Waals surface area contributed by atoms with Crippen molar-refractivity contribution >= 4 is 32.7 Å². The fourth-order valence-corrected chi connectivity index (χ4v) is 7.62. The van der Waals surface area contributed by atoms with Crippen LogP contribution in [0.4, 0.5) is 0 Å². The predicted octanol–water partition coefficient (Wildman–Crippen LogP) is 12.8. The molecule has 3 aromatic heterocycles. The van der Waals surface area contributed by atoms with Crippen LogP contribution >= 0.6 is 0 Å². The van der Waals surface area contributed by atoms with E-state index >= 15 is 0 Å². The fourth-order valence-electron chi connectivity index (χ4n) is 7.62. The van der Waals surface area contributed by atoms with Crippen molar-refractivity contribution in [3.63, 3.8) is 0 Å². The Morgan fingerprint density at radius 3 is 1.20 bits per heavy atom. The van der Waals surface area contributed by atoms with Crippen molar-refractivity contribution in [3.05, 3.63) is 194 Å². The van der Waals surface area contributed by atoms with E-state index in [1.807, 2.05) is 127 Å². The van der Waals surface area contributed by atoms with Gasteiger partial charge in [0.05, 0.1) is 5.56 Å². The second-order valence-electron chi connectivity index (χ2n) is 14.3. The molecule has 0 saturated heterocycles. The van der Waals surface area contributed by atoms with Crippen LogP contribution in [0, 0.1) is 0 Å². The minimum Gasteiger partial charge on any atom is -0.455 e. The Balaban J connectivity index is 1.17. The maximum absolute atomic E-state index is 6.91. The third kappa shape index (κ3) is 6.37. The molecule has 0 radical (unpaired) electrons. The Hall–Kier alpha value is -8.16. The summed E-state index contributed by atoms with van der Waals surface area (Å²) in [7, 11) is 0. The molecule has 276 valence electrons. The molecule has 0 aliphatic carbocycles. The van der Waals surface area contributed by atoms with Crippen molar-refractivity contribution in [1.29, 1.82) is 0 Å². The lowest BCUT2D eigenvalue weighted by Crippen LogP contribution is -2.02. The second kappa shape index (κ2) is 14.4. The van der Waals surface area contributed by atoms with Crippen LogP contribution in [0.3, 0.4) is 0 Å². The summed E-state index contributed by atoms with van der Waals surface area (Å²) in [4.78, 5) is 30.6. The maximum atomic E-state index is 6.91. The summed E-state index contributed by atoms with van der Waals surface area (Å²) in [5, 5.41) is 3.98. The van der Waals surface area contributed by atoms with Crippen molar-refractivity contribution in [2.24, 2.45) is 0 Å². The van der Waals surface area contributed by atoms with E-state index < -0.39 is 0 Å². The van der Waals surface area contributed by atoms with Crippen LogP contribution in [0.5, 0.6) is 0 Å². The third-order valence-corrected chi connectivity index (χ3v) is 10.6. The van der Waals surface area contributed by atoms with Crippen LogP contribution in [-0.4, -0.2) is 29.9 Å². The van der Waals surface area contributed by atoms with Crippen LogP contribution < -0.4 is 0 Å².